The minimum atomic E-state index is -1.27. The first-order chi connectivity index (χ1) is 5.65. The molecule has 0 amide bonds. The van der Waals surface area contributed by atoms with Gasteiger partial charge in [0.2, 0.25) is 0 Å². The molecule has 0 heterocycles. The van der Waals surface area contributed by atoms with Crippen LogP contribution in [0.2, 0.25) is 5.02 Å². The van der Waals surface area contributed by atoms with E-state index < -0.39 is 5.97 Å². The minimum Gasteiger partial charge on any atom is -0.545 e. The number of benzene rings is 1. The summed E-state index contributed by atoms with van der Waals surface area (Å²) in [5.74, 6) is -1.06. The van der Waals surface area contributed by atoms with Crippen molar-refractivity contribution >= 4 is 17.6 Å². The van der Waals surface area contributed by atoms with E-state index in [1.807, 2.05) is 0 Å². The van der Waals surface area contributed by atoms with Gasteiger partial charge in [-0.15, -0.1) is 0 Å². The Morgan fingerprint density at radius 1 is 1.54 bits per heavy atom. The summed E-state index contributed by atoms with van der Waals surface area (Å²) in [5.41, 5.74) is 0.00176. The molecule has 64 valence electrons. The third-order valence-corrected chi connectivity index (χ3v) is 1.62. The summed E-state index contributed by atoms with van der Waals surface area (Å²) < 4.78 is 4.78. The zero-order valence-corrected chi connectivity index (χ0v) is 10.1. The van der Waals surface area contributed by atoms with Crippen molar-refractivity contribution in [3.63, 3.8) is 0 Å². The Balaban J connectivity index is 0.00000144. The van der Waals surface area contributed by atoms with Crippen LogP contribution in [0.15, 0.2) is 18.2 Å². The van der Waals surface area contributed by atoms with E-state index in [9.17, 15) is 9.90 Å². The molecule has 0 saturated carbocycles. The fraction of sp³-hybridized carbons (Fsp3) is 0.125. The fourth-order valence-corrected chi connectivity index (χ4v) is 0.996. The Morgan fingerprint density at radius 2 is 2.15 bits per heavy atom. The number of carbonyl (C=O) groups excluding carboxylic acids is 1. The molecule has 1 aromatic rings. The predicted octanol–water partition coefficient (Wildman–Crippen LogP) is -2.28. The number of rotatable bonds is 2. The van der Waals surface area contributed by atoms with Crippen LogP contribution >= 0.6 is 11.6 Å². The molecular formula is C8H6ClNaO3. The normalized spacial score (nSPS) is 8.77. The summed E-state index contributed by atoms with van der Waals surface area (Å²) in [4.78, 5) is 10.5. The Bertz CT molecular complexity index is 314. The first-order valence-corrected chi connectivity index (χ1v) is 3.58. The van der Waals surface area contributed by atoms with E-state index in [4.69, 9.17) is 16.3 Å². The molecule has 0 spiro atoms. The van der Waals surface area contributed by atoms with E-state index in [-0.39, 0.29) is 40.9 Å². The number of hydrogen-bond donors (Lipinski definition) is 0. The average molecular weight is 209 g/mol. The van der Waals surface area contributed by atoms with Gasteiger partial charge in [0.1, 0.15) is 5.75 Å². The second-order valence-corrected chi connectivity index (χ2v) is 2.57. The summed E-state index contributed by atoms with van der Waals surface area (Å²) in [6.07, 6.45) is 0. The van der Waals surface area contributed by atoms with Crippen LogP contribution in [0.3, 0.4) is 0 Å². The molecule has 0 aliphatic heterocycles. The number of ether oxygens (including phenoxy) is 1. The van der Waals surface area contributed by atoms with Gasteiger partial charge in [-0.05, 0) is 18.2 Å². The number of halogens is 1. The monoisotopic (exact) mass is 208 g/mol. The maximum atomic E-state index is 10.5. The number of carboxylic acids is 1. The molecular weight excluding hydrogens is 203 g/mol. The van der Waals surface area contributed by atoms with Crippen LogP contribution in [0, 0.1) is 0 Å². The molecule has 0 aliphatic carbocycles. The van der Waals surface area contributed by atoms with Gasteiger partial charge in [-0.1, -0.05) is 11.6 Å². The number of carboxylic acid groups (broad SMARTS) is 1. The van der Waals surface area contributed by atoms with Gasteiger partial charge in [-0.25, -0.2) is 0 Å². The van der Waals surface area contributed by atoms with E-state index in [1.165, 1.54) is 25.3 Å². The van der Waals surface area contributed by atoms with Crippen molar-refractivity contribution < 1.29 is 44.2 Å². The molecule has 3 nitrogen and oxygen atoms in total. The third-order valence-electron chi connectivity index (χ3n) is 1.38. The number of hydrogen-bond acceptors (Lipinski definition) is 3. The molecule has 0 aromatic heterocycles. The number of carbonyl (C=O) groups is 1. The molecule has 0 radical (unpaired) electrons. The number of methoxy groups -OCH3 is 1. The van der Waals surface area contributed by atoms with E-state index in [1.54, 1.807) is 0 Å². The van der Waals surface area contributed by atoms with Crippen LogP contribution in [0.25, 0.3) is 0 Å². The standard InChI is InChI=1S/C8H7ClO3.Na/c1-12-7-4-5(9)2-3-6(7)8(10)11;/h2-4H,1H3,(H,10,11);/q;+1/p-1. The minimum absolute atomic E-state index is 0. The zero-order chi connectivity index (χ0) is 9.14. The molecule has 5 heteroatoms. The molecule has 1 aromatic carbocycles. The fourth-order valence-electron chi connectivity index (χ4n) is 0.834. The smallest absolute Gasteiger partial charge is 0.545 e. The second kappa shape index (κ2) is 5.50. The van der Waals surface area contributed by atoms with Gasteiger partial charge in [0.05, 0.1) is 13.1 Å². The molecule has 0 fully saturated rings. The molecule has 13 heavy (non-hydrogen) atoms. The average Bonchev–Trinajstić information content (AvgIpc) is 2.03. The molecule has 1 rings (SSSR count). The van der Waals surface area contributed by atoms with E-state index >= 15 is 0 Å². The Kier molecular flexibility index (Phi) is 5.40. The quantitative estimate of drug-likeness (QED) is 0.515. The molecule has 0 saturated heterocycles. The van der Waals surface area contributed by atoms with Gasteiger partial charge in [-0.3, -0.25) is 0 Å². The molecule has 0 N–H and O–H groups in total. The summed E-state index contributed by atoms with van der Waals surface area (Å²) in [5, 5.41) is 10.9. The third kappa shape index (κ3) is 3.19. The molecule has 0 aliphatic rings. The van der Waals surface area contributed by atoms with Crippen LogP contribution in [-0.2, 0) is 0 Å². The first kappa shape index (κ1) is 12.8. The van der Waals surface area contributed by atoms with E-state index in [0.717, 1.165) is 0 Å². The van der Waals surface area contributed by atoms with E-state index in [2.05, 4.69) is 0 Å². The van der Waals surface area contributed by atoms with Crippen molar-refractivity contribution in [1.29, 1.82) is 0 Å². The van der Waals surface area contributed by atoms with E-state index in [0.29, 0.717) is 5.02 Å². The maximum absolute atomic E-state index is 10.5. The molecule has 0 unspecified atom stereocenters. The van der Waals surface area contributed by atoms with Gasteiger partial charge in [-0.2, -0.15) is 0 Å². The summed E-state index contributed by atoms with van der Waals surface area (Å²) in [6, 6.07) is 4.23. The van der Waals surface area contributed by atoms with Gasteiger partial charge in [0, 0.05) is 10.6 Å². The Hall–Kier alpha value is -0.220. The SMILES string of the molecule is COc1cc(Cl)ccc1C(=O)[O-].[Na+]. The van der Waals surface area contributed by atoms with Gasteiger partial charge < -0.3 is 14.6 Å². The zero-order valence-electron chi connectivity index (χ0n) is 7.33. The van der Waals surface area contributed by atoms with Crippen molar-refractivity contribution in [3.05, 3.63) is 28.8 Å². The maximum Gasteiger partial charge on any atom is 1.00 e. The number of aromatic carboxylic acids is 1. The van der Waals surface area contributed by atoms with Crippen molar-refractivity contribution in [2.75, 3.05) is 7.11 Å². The van der Waals surface area contributed by atoms with Crippen LogP contribution in [0.1, 0.15) is 10.4 Å². The summed E-state index contributed by atoms with van der Waals surface area (Å²) >= 11 is 5.61. The predicted molar refractivity (Wildman–Crippen MR) is 42.3 cm³/mol. The summed E-state index contributed by atoms with van der Waals surface area (Å²) in [7, 11) is 1.37. The first-order valence-electron chi connectivity index (χ1n) is 3.20. The Morgan fingerprint density at radius 3 is 2.62 bits per heavy atom. The summed E-state index contributed by atoms with van der Waals surface area (Å²) in [6.45, 7) is 0. The van der Waals surface area contributed by atoms with Gasteiger partial charge in [0.15, 0.2) is 0 Å². The van der Waals surface area contributed by atoms with Crippen LogP contribution in [0.5, 0.6) is 5.75 Å². The van der Waals surface area contributed by atoms with Crippen molar-refractivity contribution in [2.45, 2.75) is 0 Å². The van der Waals surface area contributed by atoms with Crippen LogP contribution < -0.4 is 39.4 Å². The van der Waals surface area contributed by atoms with Crippen molar-refractivity contribution in [3.8, 4) is 5.75 Å². The van der Waals surface area contributed by atoms with Crippen LogP contribution in [0.4, 0.5) is 0 Å². The largest absolute Gasteiger partial charge is 1.00 e. The molecule has 0 atom stereocenters. The van der Waals surface area contributed by atoms with Crippen molar-refractivity contribution in [1.82, 2.24) is 0 Å². The van der Waals surface area contributed by atoms with Gasteiger partial charge in [0.25, 0.3) is 0 Å². The van der Waals surface area contributed by atoms with Crippen molar-refractivity contribution in [2.24, 2.45) is 0 Å². The topological polar surface area (TPSA) is 49.4 Å². The second-order valence-electron chi connectivity index (χ2n) is 2.13. The van der Waals surface area contributed by atoms with Crippen LogP contribution in [-0.4, -0.2) is 13.1 Å². The van der Waals surface area contributed by atoms with Gasteiger partial charge >= 0.3 is 29.6 Å². The Labute approximate surface area is 103 Å². The molecule has 0 bridgehead atoms.